The fraction of sp³-hybridized carbons (Fsp3) is 0.524. The Bertz CT molecular complexity index is 1010. The lowest BCUT2D eigenvalue weighted by Crippen LogP contribution is -2.41. The highest BCUT2D eigenvalue weighted by atomic mass is 19.3. The van der Waals surface area contributed by atoms with E-state index in [0.29, 0.717) is 23.3 Å². The maximum absolute atomic E-state index is 13.9. The summed E-state index contributed by atoms with van der Waals surface area (Å²) >= 11 is 0. The van der Waals surface area contributed by atoms with Crippen molar-refractivity contribution in [3.8, 4) is 0 Å². The van der Waals surface area contributed by atoms with Gasteiger partial charge in [0.15, 0.2) is 0 Å². The Balaban J connectivity index is 2.05. The standard InChI is InChI=1S/C21H28BF2N5O3/c1-8-13-9-17(29-18(27-13)21(7,23)24)28-15-10-16(26-12(2)30)25-11-14(15)22-31-19(3,4)20(5,6)32-22/h9-11H,8H2,1-7H3,(H2,25,26,27,28,29,30). The molecule has 2 aromatic rings. The van der Waals surface area contributed by atoms with Gasteiger partial charge in [-0.05, 0) is 34.1 Å². The molecule has 11 heteroatoms. The summed E-state index contributed by atoms with van der Waals surface area (Å²) in [6, 6.07) is 3.18. The summed E-state index contributed by atoms with van der Waals surface area (Å²) in [4.78, 5) is 23.7. The molecule has 1 aliphatic heterocycles. The van der Waals surface area contributed by atoms with Gasteiger partial charge in [0, 0.05) is 49.0 Å². The quantitative estimate of drug-likeness (QED) is 0.654. The maximum atomic E-state index is 13.9. The number of carbonyl (C=O) groups excluding carboxylic acids is 1. The van der Waals surface area contributed by atoms with Gasteiger partial charge in [0.1, 0.15) is 11.6 Å². The molecule has 8 nitrogen and oxygen atoms in total. The Morgan fingerprint density at radius 3 is 2.28 bits per heavy atom. The molecule has 1 saturated heterocycles. The first-order chi connectivity index (χ1) is 14.7. The number of rotatable bonds is 6. The topological polar surface area (TPSA) is 98.3 Å². The molecular formula is C21H28BF2N5O3. The number of anilines is 3. The summed E-state index contributed by atoms with van der Waals surface area (Å²) in [5.41, 5.74) is 0.278. The van der Waals surface area contributed by atoms with Crippen molar-refractivity contribution in [3.63, 3.8) is 0 Å². The number of halogens is 2. The summed E-state index contributed by atoms with van der Waals surface area (Å²) in [5, 5.41) is 5.68. The van der Waals surface area contributed by atoms with Crippen molar-refractivity contribution in [2.24, 2.45) is 0 Å². The van der Waals surface area contributed by atoms with E-state index in [9.17, 15) is 13.6 Å². The number of hydrogen-bond acceptors (Lipinski definition) is 7. The molecule has 0 atom stereocenters. The molecule has 2 N–H and O–H groups in total. The van der Waals surface area contributed by atoms with Crippen LogP contribution in [-0.4, -0.2) is 39.2 Å². The second kappa shape index (κ2) is 8.36. The van der Waals surface area contributed by atoms with Gasteiger partial charge >= 0.3 is 13.0 Å². The molecule has 0 bridgehead atoms. The van der Waals surface area contributed by atoms with E-state index in [1.54, 1.807) is 12.1 Å². The fourth-order valence-corrected chi connectivity index (χ4v) is 3.06. The summed E-state index contributed by atoms with van der Waals surface area (Å²) in [5.74, 6) is -3.60. The van der Waals surface area contributed by atoms with Gasteiger partial charge in [-0.3, -0.25) is 4.79 Å². The van der Waals surface area contributed by atoms with Crippen molar-refractivity contribution in [1.82, 2.24) is 15.0 Å². The second-order valence-electron chi connectivity index (χ2n) is 8.86. The van der Waals surface area contributed by atoms with Gasteiger partial charge in [0.05, 0.1) is 11.2 Å². The van der Waals surface area contributed by atoms with E-state index < -0.39 is 30.1 Å². The Hall–Kier alpha value is -2.66. The average Bonchev–Trinajstić information content (AvgIpc) is 2.87. The van der Waals surface area contributed by atoms with Crippen LogP contribution in [0.4, 0.5) is 26.1 Å². The largest absolute Gasteiger partial charge is 0.498 e. The van der Waals surface area contributed by atoms with Gasteiger partial charge < -0.3 is 19.9 Å². The zero-order chi connectivity index (χ0) is 23.9. The van der Waals surface area contributed by atoms with Crippen LogP contribution in [0, 0.1) is 0 Å². The third-order valence-corrected chi connectivity index (χ3v) is 5.54. The highest BCUT2D eigenvalue weighted by Gasteiger charge is 2.52. The highest BCUT2D eigenvalue weighted by molar-refractivity contribution is 6.64. The molecule has 172 valence electrons. The van der Waals surface area contributed by atoms with Gasteiger partial charge in [-0.15, -0.1) is 0 Å². The smallest absolute Gasteiger partial charge is 0.399 e. The van der Waals surface area contributed by atoms with Crippen LogP contribution in [0.15, 0.2) is 18.3 Å². The van der Waals surface area contributed by atoms with Gasteiger partial charge in [0.25, 0.3) is 0 Å². The fourth-order valence-electron chi connectivity index (χ4n) is 3.06. The molecule has 1 aliphatic rings. The minimum absolute atomic E-state index is 0.186. The van der Waals surface area contributed by atoms with E-state index in [1.807, 2.05) is 34.6 Å². The minimum Gasteiger partial charge on any atom is -0.399 e. The lowest BCUT2D eigenvalue weighted by Gasteiger charge is -2.32. The first-order valence-electron chi connectivity index (χ1n) is 10.4. The number of aromatic nitrogens is 3. The van der Waals surface area contributed by atoms with Gasteiger partial charge in [-0.2, -0.15) is 8.78 Å². The van der Waals surface area contributed by atoms with E-state index in [-0.39, 0.29) is 17.5 Å². The van der Waals surface area contributed by atoms with Crippen LogP contribution in [0.25, 0.3) is 0 Å². The Morgan fingerprint density at radius 1 is 1.12 bits per heavy atom. The van der Waals surface area contributed by atoms with Crippen LogP contribution >= 0.6 is 0 Å². The molecule has 1 amide bonds. The van der Waals surface area contributed by atoms with Crippen LogP contribution in [-0.2, 0) is 26.4 Å². The molecule has 3 rings (SSSR count). The van der Waals surface area contributed by atoms with Crippen molar-refractivity contribution in [2.75, 3.05) is 10.6 Å². The van der Waals surface area contributed by atoms with E-state index in [0.717, 1.165) is 6.92 Å². The lowest BCUT2D eigenvalue weighted by atomic mass is 9.79. The van der Waals surface area contributed by atoms with Crippen molar-refractivity contribution >= 4 is 35.8 Å². The molecule has 0 unspecified atom stereocenters. The van der Waals surface area contributed by atoms with Crippen molar-refractivity contribution < 1.29 is 22.9 Å². The monoisotopic (exact) mass is 447 g/mol. The average molecular weight is 447 g/mol. The number of nitrogens with zero attached hydrogens (tertiary/aromatic N) is 3. The molecule has 3 heterocycles. The third-order valence-electron chi connectivity index (χ3n) is 5.54. The third kappa shape index (κ3) is 5.04. The first kappa shape index (κ1) is 24.0. The van der Waals surface area contributed by atoms with E-state index in [2.05, 4.69) is 25.6 Å². The number of alkyl halides is 2. The van der Waals surface area contributed by atoms with Crippen molar-refractivity contribution in [1.29, 1.82) is 0 Å². The molecule has 0 aliphatic carbocycles. The van der Waals surface area contributed by atoms with Gasteiger partial charge in [-0.25, -0.2) is 15.0 Å². The SMILES string of the molecule is CCc1cc(Nc2cc(NC(C)=O)ncc2B2OC(C)(C)C(C)(C)O2)nc(C(C)(F)F)n1. The van der Waals surface area contributed by atoms with Crippen LogP contribution in [0.3, 0.4) is 0 Å². The zero-order valence-electron chi connectivity index (χ0n) is 19.3. The number of carbonyl (C=O) groups is 1. The molecule has 32 heavy (non-hydrogen) atoms. The molecule has 2 aromatic heterocycles. The van der Waals surface area contributed by atoms with Crippen molar-refractivity contribution in [3.05, 3.63) is 29.8 Å². The van der Waals surface area contributed by atoms with E-state index in [1.165, 1.54) is 13.1 Å². The molecule has 0 spiro atoms. The predicted molar refractivity (Wildman–Crippen MR) is 119 cm³/mol. The van der Waals surface area contributed by atoms with Crippen LogP contribution in [0.2, 0.25) is 0 Å². The normalized spacial score (nSPS) is 17.3. The minimum atomic E-state index is -3.20. The highest BCUT2D eigenvalue weighted by Crippen LogP contribution is 2.37. The maximum Gasteiger partial charge on any atom is 0.498 e. The first-order valence-corrected chi connectivity index (χ1v) is 10.4. The molecular weight excluding hydrogens is 419 g/mol. The van der Waals surface area contributed by atoms with Gasteiger partial charge in [-0.1, -0.05) is 6.92 Å². The molecule has 0 aromatic carbocycles. The van der Waals surface area contributed by atoms with Crippen molar-refractivity contribution in [2.45, 2.75) is 72.0 Å². The van der Waals surface area contributed by atoms with Crippen LogP contribution in [0.1, 0.15) is 60.0 Å². The van der Waals surface area contributed by atoms with Crippen LogP contribution < -0.4 is 16.1 Å². The lowest BCUT2D eigenvalue weighted by molar-refractivity contribution is -0.114. The van der Waals surface area contributed by atoms with Crippen LogP contribution in [0.5, 0.6) is 0 Å². The number of amides is 1. The number of hydrogen-bond donors (Lipinski definition) is 2. The molecule has 0 radical (unpaired) electrons. The predicted octanol–water partition coefficient (Wildman–Crippen LogP) is 3.55. The van der Waals surface area contributed by atoms with E-state index >= 15 is 0 Å². The Kier molecular flexibility index (Phi) is 6.27. The molecule has 0 saturated carbocycles. The van der Waals surface area contributed by atoms with E-state index in [4.69, 9.17) is 9.31 Å². The second-order valence-corrected chi connectivity index (χ2v) is 8.86. The Labute approximate surface area is 186 Å². The summed E-state index contributed by atoms with van der Waals surface area (Å²) in [6.07, 6.45) is 1.98. The summed E-state index contributed by atoms with van der Waals surface area (Å²) in [7, 11) is -0.763. The summed E-state index contributed by atoms with van der Waals surface area (Å²) in [6.45, 7) is 11.6. The Morgan fingerprint density at radius 2 is 1.75 bits per heavy atom. The van der Waals surface area contributed by atoms with Gasteiger partial charge in [0.2, 0.25) is 11.7 Å². The number of aryl methyl sites for hydroxylation is 1. The molecule has 1 fully saturated rings. The zero-order valence-corrected chi connectivity index (χ0v) is 19.3. The number of pyridine rings is 1. The number of nitrogens with one attached hydrogen (secondary N) is 2. The summed E-state index contributed by atoms with van der Waals surface area (Å²) < 4.78 is 40.1.